The van der Waals surface area contributed by atoms with Crippen molar-refractivity contribution in [3.63, 3.8) is 0 Å². The molecule has 2 saturated heterocycles. The monoisotopic (exact) mass is 256 g/mol. The highest BCUT2D eigenvalue weighted by atomic mass is 16.5. The Hall–Kier alpha value is -0.160. The van der Waals surface area contributed by atoms with Gasteiger partial charge < -0.3 is 19.7 Å². The number of ether oxygens (including phenoxy) is 2. The van der Waals surface area contributed by atoms with Gasteiger partial charge in [-0.15, -0.1) is 0 Å². The third kappa shape index (κ3) is 2.57. The van der Waals surface area contributed by atoms with Gasteiger partial charge in [0, 0.05) is 19.8 Å². The lowest BCUT2D eigenvalue weighted by atomic mass is 9.77. The standard InChI is InChI=1S/C14H24O4/c15-12(10-1-2-10)13(16)11-3-6-18-14(9-11)4-7-17-8-5-14/h10-13,15-16H,1-9H2. The molecule has 3 rings (SSSR count). The zero-order valence-corrected chi connectivity index (χ0v) is 10.9. The molecule has 3 unspecified atom stereocenters. The molecule has 2 aliphatic heterocycles. The van der Waals surface area contributed by atoms with Crippen LogP contribution in [-0.4, -0.2) is 47.8 Å². The van der Waals surface area contributed by atoms with E-state index in [1.54, 1.807) is 0 Å². The van der Waals surface area contributed by atoms with Gasteiger partial charge in [-0.05, 0) is 50.4 Å². The van der Waals surface area contributed by atoms with E-state index in [0.717, 1.165) is 51.7 Å². The minimum atomic E-state index is -0.568. The van der Waals surface area contributed by atoms with E-state index in [0.29, 0.717) is 12.5 Å². The van der Waals surface area contributed by atoms with Crippen molar-refractivity contribution in [3.05, 3.63) is 0 Å². The first-order chi connectivity index (χ1) is 8.70. The van der Waals surface area contributed by atoms with Crippen LogP contribution in [0.3, 0.4) is 0 Å². The molecule has 3 aliphatic rings. The van der Waals surface area contributed by atoms with Crippen molar-refractivity contribution in [2.45, 2.75) is 56.3 Å². The number of hydrogen-bond acceptors (Lipinski definition) is 4. The van der Waals surface area contributed by atoms with Crippen LogP contribution >= 0.6 is 0 Å². The Bertz CT molecular complexity index is 278. The molecular weight excluding hydrogens is 232 g/mol. The lowest BCUT2D eigenvalue weighted by molar-refractivity contribution is -0.167. The molecule has 2 N–H and O–H groups in total. The third-order valence-corrected chi connectivity index (χ3v) is 4.87. The first kappa shape index (κ1) is 12.9. The van der Waals surface area contributed by atoms with Crippen molar-refractivity contribution in [2.24, 2.45) is 11.8 Å². The summed E-state index contributed by atoms with van der Waals surface area (Å²) in [7, 11) is 0. The van der Waals surface area contributed by atoms with Crippen molar-refractivity contribution in [1.29, 1.82) is 0 Å². The van der Waals surface area contributed by atoms with Crippen LogP contribution in [0.1, 0.15) is 38.5 Å². The summed E-state index contributed by atoms with van der Waals surface area (Å²) < 4.78 is 11.4. The fourth-order valence-corrected chi connectivity index (χ4v) is 3.44. The maximum atomic E-state index is 10.3. The van der Waals surface area contributed by atoms with Crippen LogP contribution < -0.4 is 0 Å². The fraction of sp³-hybridized carbons (Fsp3) is 1.00. The maximum absolute atomic E-state index is 10.3. The van der Waals surface area contributed by atoms with Gasteiger partial charge in [-0.1, -0.05) is 0 Å². The van der Waals surface area contributed by atoms with Gasteiger partial charge in [0.2, 0.25) is 0 Å². The average molecular weight is 256 g/mol. The summed E-state index contributed by atoms with van der Waals surface area (Å²) in [5, 5.41) is 20.4. The second kappa shape index (κ2) is 5.08. The predicted molar refractivity (Wildman–Crippen MR) is 66.2 cm³/mol. The molecule has 104 valence electrons. The quantitative estimate of drug-likeness (QED) is 0.793. The van der Waals surface area contributed by atoms with E-state index >= 15 is 0 Å². The minimum absolute atomic E-state index is 0.0918. The van der Waals surface area contributed by atoms with Gasteiger partial charge in [0.05, 0.1) is 17.8 Å². The molecule has 1 spiro atoms. The number of hydrogen-bond donors (Lipinski definition) is 2. The lowest BCUT2D eigenvalue weighted by Crippen LogP contribution is -2.48. The van der Waals surface area contributed by atoms with Crippen molar-refractivity contribution in [1.82, 2.24) is 0 Å². The van der Waals surface area contributed by atoms with Crippen LogP contribution in [0.15, 0.2) is 0 Å². The van der Waals surface area contributed by atoms with E-state index in [2.05, 4.69) is 0 Å². The van der Waals surface area contributed by atoms with Crippen LogP contribution in [-0.2, 0) is 9.47 Å². The van der Waals surface area contributed by atoms with Gasteiger partial charge in [0.15, 0.2) is 0 Å². The Balaban J connectivity index is 1.61. The van der Waals surface area contributed by atoms with E-state index in [-0.39, 0.29) is 11.5 Å². The molecule has 18 heavy (non-hydrogen) atoms. The molecule has 0 aromatic rings. The van der Waals surface area contributed by atoms with Crippen LogP contribution in [0.25, 0.3) is 0 Å². The highest BCUT2D eigenvalue weighted by Crippen LogP contribution is 2.42. The van der Waals surface area contributed by atoms with E-state index in [1.807, 2.05) is 0 Å². The molecule has 4 heteroatoms. The summed E-state index contributed by atoms with van der Waals surface area (Å²) in [6.45, 7) is 2.22. The smallest absolute Gasteiger partial charge is 0.0831 e. The summed E-state index contributed by atoms with van der Waals surface area (Å²) in [5.74, 6) is 0.529. The number of rotatable bonds is 3. The molecule has 3 fully saturated rings. The van der Waals surface area contributed by atoms with Gasteiger partial charge >= 0.3 is 0 Å². The molecule has 0 aromatic heterocycles. The summed E-state index contributed by atoms with van der Waals surface area (Å²) in [4.78, 5) is 0. The first-order valence-corrected chi connectivity index (χ1v) is 7.28. The van der Waals surface area contributed by atoms with E-state index < -0.39 is 12.2 Å². The predicted octanol–water partition coefficient (Wildman–Crippen LogP) is 1.09. The SMILES string of the molecule is OC(C1CC1)C(O)C1CCOC2(CCOCC2)C1. The Kier molecular flexibility index (Phi) is 3.63. The molecule has 4 nitrogen and oxygen atoms in total. The van der Waals surface area contributed by atoms with Crippen molar-refractivity contribution in [3.8, 4) is 0 Å². The highest BCUT2D eigenvalue weighted by Gasteiger charge is 2.44. The van der Waals surface area contributed by atoms with Crippen LogP contribution in [0.5, 0.6) is 0 Å². The van der Waals surface area contributed by atoms with E-state index in [9.17, 15) is 10.2 Å². The number of aliphatic hydroxyl groups excluding tert-OH is 2. The zero-order valence-electron chi connectivity index (χ0n) is 10.9. The lowest BCUT2D eigenvalue weighted by Gasteiger charge is -2.45. The zero-order chi connectivity index (χ0) is 12.6. The fourth-order valence-electron chi connectivity index (χ4n) is 3.44. The second-order valence-electron chi connectivity index (χ2n) is 6.22. The topological polar surface area (TPSA) is 58.9 Å². The van der Waals surface area contributed by atoms with E-state index in [4.69, 9.17) is 9.47 Å². The van der Waals surface area contributed by atoms with Gasteiger partial charge in [-0.2, -0.15) is 0 Å². The largest absolute Gasteiger partial charge is 0.390 e. The van der Waals surface area contributed by atoms with Crippen molar-refractivity contribution < 1.29 is 19.7 Å². The Labute approximate surface area is 108 Å². The summed E-state index contributed by atoms with van der Waals surface area (Å²) in [6, 6.07) is 0. The van der Waals surface area contributed by atoms with Gasteiger partial charge in [0.25, 0.3) is 0 Å². The minimum Gasteiger partial charge on any atom is -0.390 e. The first-order valence-electron chi connectivity index (χ1n) is 7.28. The molecular formula is C14H24O4. The molecule has 0 aromatic carbocycles. The Morgan fingerprint density at radius 3 is 2.22 bits per heavy atom. The van der Waals surface area contributed by atoms with E-state index in [1.165, 1.54) is 0 Å². The van der Waals surface area contributed by atoms with Crippen LogP contribution in [0, 0.1) is 11.8 Å². The molecule has 0 bridgehead atoms. The average Bonchev–Trinajstić information content (AvgIpc) is 3.22. The third-order valence-electron chi connectivity index (χ3n) is 4.87. The highest BCUT2D eigenvalue weighted by molar-refractivity contribution is 4.95. The summed E-state index contributed by atoms with van der Waals surface area (Å²) in [6.07, 6.45) is 4.65. The molecule has 0 amide bonds. The molecule has 1 aliphatic carbocycles. The van der Waals surface area contributed by atoms with Crippen molar-refractivity contribution >= 4 is 0 Å². The molecule has 2 heterocycles. The van der Waals surface area contributed by atoms with Gasteiger partial charge in [-0.3, -0.25) is 0 Å². The summed E-state index contributed by atoms with van der Waals surface area (Å²) in [5.41, 5.74) is -0.0918. The van der Waals surface area contributed by atoms with Crippen LogP contribution in [0.4, 0.5) is 0 Å². The van der Waals surface area contributed by atoms with Gasteiger partial charge in [-0.25, -0.2) is 0 Å². The normalized spacial score (nSPS) is 35.3. The Morgan fingerprint density at radius 2 is 1.56 bits per heavy atom. The van der Waals surface area contributed by atoms with Crippen molar-refractivity contribution in [2.75, 3.05) is 19.8 Å². The maximum Gasteiger partial charge on any atom is 0.0831 e. The summed E-state index contributed by atoms with van der Waals surface area (Å²) >= 11 is 0. The molecule has 0 radical (unpaired) electrons. The molecule has 1 saturated carbocycles. The van der Waals surface area contributed by atoms with Gasteiger partial charge in [0.1, 0.15) is 0 Å². The number of aliphatic hydroxyl groups is 2. The Morgan fingerprint density at radius 1 is 0.889 bits per heavy atom. The molecule has 3 atom stereocenters. The van der Waals surface area contributed by atoms with Crippen LogP contribution in [0.2, 0.25) is 0 Å². The second-order valence-corrected chi connectivity index (χ2v) is 6.22.